The van der Waals surface area contributed by atoms with Crippen molar-refractivity contribution in [2.45, 2.75) is 10.9 Å². The molecule has 0 amide bonds. The maximum Gasteiger partial charge on any atom is 0.191 e. The van der Waals surface area contributed by atoms with Crippen molar-refractivity contribution in [3.8, 4) is 0 Å². The van der Waals surface area contributed by atoms with E-state index in [1.54, 1.807) is 18.1 Å². The fraction of sp³-hybridized carbons (Fsp3) is 0.200. The molecule has 0 bridgehead atoms. The zero-order valence-electron chi connectivity index (χ0n) is 8.52. The topological polar surface area (TPSA) is 30.7 Å². The van der Waals surface area contributed by atoms with Crippen molar-refractivity contribution in [1.29, 1.82) is 0 Å². The third-order valence-electron chi connectivity index (χ3n) is 2.04. The minimum Gasteiger partial charge on any atom is -0.312 e. The summed E-state index contributed by atoms with van der Waals surface area (Å²) in [5.74, 6) is 0.838. The van der Waals surface area contributed by atoms with Crippen LogP contribution in [0, 0.1) is 0 Å². The lowest BCUT2D eigenvalue weighted by Gasteiger charge is -2.04. The van der Waals surface area contributed by atoms with E-state index in [2.05, 4.69) is 26.1 Å². The van der Waals surface area contributed by atoms with E-state index in [1.807, 2.05) is 29.8 Å². The predicted octanol–water partition coefficient (Wildman–Crippen LogP) is 3.52. The number of benzene rings is 1. The van der Waals surface area contributed by atoms with Crippen molar-refractivity contribution in [3.05, 3.63) is 39.6 Å². The molecule has 2 aromatic rings. The highest BCUT2D eigenvalue weighted by Crippen LogP contribution is 2.27. The molecule has 0 fully saturated rings. The van der Waals surface area contributed by atoms with Crippen LogP contribution in [-0.4, -0.2) is 14.8 Å². The summed E-state index contributed by atoms with van der Waals surface area (Å²) in [6, 6.07) is 5.79. The summed E-state index contributed by atoms with van der Waals surface area (Å²) in [6.45, 7) is 0. The summed E-state index contributed by atoms with van der Waals surface area (Å²) in [7, 11) is 1.93. The number of thioether (sulfide) groups is 1. The standard InChI is InChI=1S/C10H9BrClN3S/c1-15-6-13-14-10(15)16-5-7-2-3-8(12)4-9(7)11/h2-4,6H,5H2,1H3. The molecule has 84 valence electrons. The minimum atomic E-state index is 0.735. The zero-order chi connectivity index (χ0) is 11.5. The van der Waals surface area contributed by atoms with Gasteiger partial charge in [-0.1, -0.05) is 45.4 Å². The first kappa shape index (κ1) is 12.0. The molecule has 16 heavy (non-hydrogen) atoms. The van der Waals surface area contributed by atoms with Gasteiger partial charge in [0.1, 0.15) is 6.33 Å². The smallest absolute Gasteiger partial charge is 0.191 e. The Bertz CT molecular complexity index is 501. The van der Waals surface area contributed by atoms with E-state index in [0.29, 0.717) is 0 Å². The van der Waals surface area contributed by atoms with Crippen LogP contribution in [0.4, 0.5) is 0 Å². The third kappa shape index (κ3) is 2.78. The van der Waals surface area contributed by atoms with E-state index in [4.69, 9.17) is 11.6 Å². The summed E-state index contributed by atoms with van der Waals surface area (Å²) in [5, 5.41) is 9.48. The van der Waals surface area contributed by atoms with E-state index < -0.39 is 0 Å². The molecule has 0 saturated carbocycles. The monoisotopic (exact) mass is 317 g/mol. The average molecular weight is 319 g/mol. The van der Waals surface area contributed by atoms with Crippen LogP contribution in [0.25, 0.3) is 0 Å². The van der Waals surface area contributed by atoms with Crippen molar-refractivity contribution in [1.82, 2.24) is 14.8 Å². The number of hydrogen-bond acceptors (Lipinski definition) is 3. The van der Waals surface area contributed by atoms with Crippen molar-refractivity contribution in [2.75, 3.05) is 0 Å². The first-order chi connectivity index (χ1) is 7.66. The van der Waals surface area contributed by atoms with E-state index in [-0.39, 0.29) is 0 Å². The van der Waals surface area contributed by atoms with Crippen LogP contribution in [0.2, 0.25) is 5.02 Å². The molecule has 0 unspecified atom stereocenters. The Morgan fingerprint density at radius 1 is 1.50 bits per heavy atom. The third-order valence-corrected chi connectivity index (χ3v) is 4.10. The SMILES string of the molecule is Cn1cnnc1SCc1ccc(Cl)cc1Br. The maximum atomic E-state index is 5.88. The molecule has 1 aromatic carbocycles. The Morgan fingerprint density at radius 2 is 2.31 bits per heavy atom. The highest BCUT2D eigenvalue weighted by molar-refractivity contribution is 9.10. The average Bonchev–Trinajstić information content (AvgIpc) is 2.63. The molecule has 0 aliphatic carbocycles. The van der Waals surface area contributed by atoms with Crippen molar-refractivity contribution < 1.29 is 0 Å². The van der Waals surface area contributed by atoms with Crippen LogP contribution in [0.3, 0.4) is 0 Å². The number of aromatic nitrogens is 3. The molecule has 0 N–H and O–H groups in total. The number of aryl methyl sites for hydroxylation is 1. The van der Waals surface area contributed by atoms with Gasteiger partial charge in [-0.2, -0.15) is 0 Å². The summed E-state index contributed by atoms with van der Waals surface area (Å²) in [5.41, 5.74) is 1.19. The van der Waals surface area contributed by atoms with Crippen LogP contribution in [0.5, 0.6) is 0 Å². The van der Waals surface area contributed by atoms with Gasteiger partial charge in [0.05, 0.1) is 0 Å². The van der Waals surface area contributed by atoms with Crippen molar-refractivity contribution >= 4 is 39.3 Å². The molecule has 1 aromatic heterocycles. The van der Waals surface area contributed by atoms with Crippen LogP contribution in [-0.2, 0) is 12.8 Å². The summed E-state index contributed by atoms with van der Waals surface area (Å²) >= 11 is 11.0. The molecule has 3 nitrogen and oxygen atoms in total. The molecule has 0 aliphatic heterocycles. The van der Waals surface area contributed by atoms with Crippen LogP contribution >= 0.6 is 39.3 Å². The zero-order valence-corrected chi connectivity index (χ0v) is 11.7. The second kappa shape index (κ2) is 5.21. The van der Waals surface area contributed by atoms with Gasteiger partial charge < -0.3 is 4.57 Å². The number of rotatable bonds is 3. The van der Waals surface area contributed by atoms with Crippen LogP contribution in [0.15, 0.2) is 34.2 Å². The molecule has 6 heteroatoms. The molecule has 0 radical (unpaired) electrons. The Kier molecular flexibility index (Phi) is 3.89. The van der Waals surface area contributed by atoms with Gasteiger partial charge in [0.2, 0.25) is 0 Å². The number of nitrogens with zero attached hydrogens (tertiary/aromatic N) is 3. The van der Waals surface area contributed by atoms with E-state index >= 15 is 0 Å². The van der Waals surface area contributed by atoms with Gasteiger partial charge in [0.15, 0.2) is 5.16 Å². The fourth-order valence-electron chi connectivity index (χ4n) is 1.18. The summed E-state index contributed by atoms with van der Waals surface area (Å²) in [6.07, 6.45) is 1.69. The van der Waals surface area contributed by atoms with Gasteiger partial charge in [0.25, 0.3) is 0 Å². The van der Waals surface area contributed by atoms with Crippen LogP contribution < -0.4 is 0 Å². The van der Waals surface area contributed by atoms with Crippen LogP contribution in [0.1, 0.15) is 5.56 Å². The lowest BCUT2D eigenvalue weighted by atomic mass is 10.2. The highest BCUT2D eigenvalue weighted by atomic mass is 79.9. The molecular weight excluding hydrogens is 310 g/mol. The van der Waals surface area contributed by atoms with Gasteiger partial charge in [0, 0.05) is 22.3 Å². The molecule has 1 heterocycles. The summed E-state index contributed by atoms with van der Waals surface area (Å²) in [4.78, 5) is 0. The maximum absolute atomic E-state index is 5.88. The first-order valence-corrected chi connectivity index (χ1v) is 6.73. The molecule has 0 aliphatic rings. The fourth-order valence-corrected chi connectivity index (χ4v) is 3.08. The normalized spacial score (nSPS) is 10.7. The lowest BCUT2D eigenvalue weighted by molar-refractivity contribution is 0.788. The Morgan fingerprint density at radius 3 is 2.94 bits per heavy atom. The second-order valence-corrected chi connectivity index (χ2v) is 5.48. The van der Waals surface area contributed by atoms with Gasteiger partial charge >= 0.3 is 0 Å². The van der Waals surface area contributed by atoms with Crippen molar-refractivity contribution in [3.63, 3.8) is 0 Å². The molecule has 0 atom stereocenters. The lowest BCUT2D eigenvalue weighted by Crippen LogP contribution is -1.90. The molecular formula is C10H9BrClN3S. The Labute approximate surface area is 111 Å². The summed E-state index contributed by atoms with van der Waals surface area (Å²) < 4.78 is 2.92. The molecule has 0 spiro atoms. The van der Waals surface area contributed by atoms with Gasteiger partial charge in [-0.15, -0.1) is 10.2 Å². The minimum absolute atomic E-state index is 0.735. The van der Waals surface area contributed by atoms with Gasteiger partial charge in [-0.3, -0.25) is 0 Å². The second-order valence-electron chi connectivity index (χ2n) is 3.25. The Hall–Kier alpha value is -0.520. The predicted molar refractivity (Wildman–Crippen MR) is 69.7 cm³/mol. The van der Waals surface area contributed by atoms with Gasteiger partial charge in [-0.05, 0) is 17.7 Å². The molecule has 0 saturated heterocycles. The Balaban J connectivity index is 2.08. The number of halogens is 2. The van der Waals surface area contributed by atoms with E-state index in [0.717, 1.165) is 20.4 Å². The van der Waals surface area contributed by atoms with E-state index in [9.17, 15) is 0 Å². The quantitative estimate of drug-likeness (QED) is 0.811. The first-order valence-electron chi connectivity index (χ1n) is 4.57. The number of hydrogen-bond donors (Lipinski definition) is 0. The van der Waals surface area contributed by atoms with E-state index in [1.165, 1.54) is 5.56 Å². The highest BCUT2D eigenvalue weighted by Gasteiger charge is 2.05. The van der Waals surface area contributed by atoms with Gasteiger partial charge in [-0.25, -0.2) is 0 Å². The largest absolute Gasteiger partial charge is 0.312 e. The molecule has 2 rings (SSSR count). The van der Waals surface area contributed by atoms with Crippen molar-refractivity contribution in [2.24, 2.45) is 7.05 Å².